The Hall–Kier alpha value is -1.06. The molecule has 1 aliphatic carbocycles. The first kappa shape index (κ1) is 16.3. The maximum absolute atomic E-state index is 13.0. The number of nitrogens with zero attached hydrogens (tertiary/aromatic N) is 1. The summed E-state index contributed by atoms with van der Waals surface area (Å²) in [5.41, 5.74) is -0.582. The third-order valence-corrected chi connectivity index (χ3v) is 4.81. The smallest absolute Gasteiger partial charge is 0.249 e. The minimum Gasteiger partial charge on any atom is -0.340 e. The monoisotopic (exact) mass is 294 g/mol. The molecule has 2 fully saturated rings. The predicted molar refractivity (Wildman–Crippen MR) is 83.8 cm³/mol. The van der Waals surface area contributed by atoms with Gasteiger partial charge < -0.3 is 10.2 Å². The van der Waals surface area contributed by atoms with Gasteiger partial charge in [0.25, 0.3) is 0 Å². The van der Waals surface area contributed by atoms with Crippen molar-refractivity contribution in [3.05, 3.63) is 0 Å². The zero-order valence-electron chi connectivity index (χ0n) is 13.9. The highest BCUT2D eigenvalue weighted by Crippen LogP contribution is 2.35. The van der Waals surface area contributed by atoms with Crippen molar-refractivity contribution in [2.45, 2.75) is 77.8 Å². The van der Waals surface area contributed by atoms with Gasteiger partial charge in [0.1, 0.15) is 11.6 Å². The SMILES string of the molecule is CC(C)CCN1C(=O)C2(CCCC2)NC(=O)C1CC(C)C. The van der Waals surface area contributed by atoms with Crippen LogP contribution in [-0.4, -0.2) is 34.8 Å². The number of amides is 2. The molecule has 1 spiro atoms. The lowest BCUT2D eigenvalue weighted by atomic mass is 9.88. The van der Waals surface area contributed by atoms with Crippen LogP contribution in [0.3, 0.4) is 0 Å². The van der Waals surface area contributed by atoms with Gasteiger partial charge in [-0.2, -0.15) is 0 Å². The number of rotatable bonds is 5. The van der Waals surface area contributed by atoms with Crippen molar-refractivity contribution in [1.82, 2.24) is 10.2 Å². The van der Waals surface area contributed by atoms with Gasteiger partial charge in [-0.05, 0) is 37.5 Å². The van der Waals surface area contributed by atoms with Gasteiger partial charge in [-0.1, -0.05) is 40.5 Å². The third kappa shape index (κ3) is 3.41. The first-order valence-corrected chi connectivity index (χ1v) is 8.49. The van der Waals surface area contributed by atoms with Crippen molar-refractivity contribution in [1.29, 1.82) is 0 Å². The molecule has 0 bridgehead atoms. The second-order valence-corrected chi connectivity index (χ2v) is 7.60. The van der Waals surface area contributed by atoms with Gasteiger partial charge in [0, 0.05) is 6.54 Å². The molecule has 0 aromatic carbocycles. The van der Waals surface area contributed by atoms with E-state index in [9.17, 15) is 9.59 Å². The van der Waals surface area contributed by atoms with E-state index in [1.54, 1.807) is 0 Å². The van der Waals surface area contributed by atoms with Crippen LogP contribution in [0.25, 0.3) is 0 Å². The lowest BCUT2D eigenvalue weighted by Crippen LogP contribution is -2.69. The average Bonchev–Trinajstić information content (AvgIpc) is 2.84. The molecular formula is C17H30N2O2. The molecule has 1 saturated heterocycles. The Kier molecular flexibility index (Phi) is 4.95. The van der Waals surface area contributed by atoms with E-state index < -0.39 is 5.54 Å². The first-order chi connectivity index (χ1) is 9.85. The summed E-state index contributed by atoms with van der Waals surface area (Å²) in [6.45, 7) is 9.26. The normalized spacial score (nSPS) is 25.2. The Labute approximate surface area is 128 Å². The highest BCUT2D eigenvalue weighted by molar-refractivity contribution is 6.00. The van der Waals surface area contributed by atoms with Crippen LogP contribution in [0.1, 0.15) is 66.2 Å². The third-order valence-electron chi connectivity index (χ3n) is 4.81. The minimum absolute atomic E-state index is 0.0638. The van der Waals surface area contributed by atoms with Crippen molar-refractivity contribution in [3.8, 4) is 0 Å². The summed E-state index contributed by atoms with van der Waals surface area (Å²) in [5.74, 6) is 1.19. The second kappa shape index (κ2) is 6.37. The summed E-state index contributed by atoms with van der Waals surface area (Å²) in [5, 5.41) is 3.08. The number of piperazine rings is 1. The van der Waals surface area contributed by atoms with Gasteiger partial charge in [0.05, 0.1) is 0 Å². The maximum Gasteiger partial charge on any atom is 0.249 e. The number of hydrogen-bond donors (Lipinski definition) is 1. The van der Waals surface area contributed by atoms with Crippen molar-refractivity contribution in [3.63, 3.8) is 0 Å². The van der Waals surface area contributed by atoms with Crippen molar-refractivity contribution < 1.29 is 9.59 Å². The molecule has 0 aromatic heterocycles. The molecule has 1 atom stereocenters. The van der Waals surface area contributed by atoms with Crippen LogP contribution in [-0.2, 0) is 9.59 Å². The fraction of sp³-hybridized carbons (Fsp3) is 0.882. The molecule has 1 N–H and O–H groups in total. The fourth-order valence-corrected chi connectivity index (χ4v) is 3.58. The molecule has 1 heterocycles. The molecular weight excluding hydrogens is 264 g/mol. The van der Waals surface area contributed by atoms with Gasteiger partial charge in [0.2, 0.25) is 11.8 Å². The van der Waals surface area contributed by atoms with Crippen LogP contribution < -0.4 is 5.32 Å². The molecule has 4 nitrogen and oxygen atoms in total. The maximum atomic E-state index is 13.0. The molecule has 0 aromatic rings. The molecule has 21 heavy (non-hydrogen) atoms. The van der Waals surface area contributed by atoms with Crippen LogP contribution in [0, 0.1) is 11.8 Å². The van der Waals surface area contributed by atoms with Crippen molar-refractivity contribution >= 4 is 11.8 Å². The zero-order valence-corrected chi connectivity index (χ0v) is 13.9. The van der Waals surface area contributed by atoms with Gasteiger partial charge in [-0.3, -0.25) is 9.59 Å². The van der Waals surface area contributed by atoms with Crippen molar-refractivity contribution in [2.24, 2.45) is 11.8 Å². The largest absolute Gasteiger partial charge is 0.340 e. The molecule has 2 rings (SSSR count). The summed E-state index contributed by atoms with van der Waals surface area (Å²) in [4.78, 5) is 27.5. The van der Waals surface area contributed by atoms with Crippen LogP contribution in [0.2, 0.25) is 0 Å². The van der Waals surface area contributed by atoms with Crippen LogP contribution in [0.15, 0.2) is 0 Å². The molecule has 2 aliphatic rings. The van der Waals surface area contributed by atoms with Gasteiger partial charge >= 0.3 is 0 Å². The van der Waals surface area contributed by atoms with E-state index in [4.69, 9.17) is 0 Å². The molecule has 1 saturated carbocycles. The van der Waals surface area contributed by atoms with Gasteiger partial charge in [-0.15, -0.1) is 0 Å². The number of carbonyl (C=O) groups excluding carboxylic acids is 2. The summed E-state index contributed by atoms with van der Waals surface area (Å²) in [7, 11) is 0. The molecule has 2 amide bonds. The lowest BCUT2D eigenvalue weighted by molar-refractivity contribution is -0.155. The standard InChI is InChI=1S/C17H30N2O2/c1-12(2)7-10-19-14(11-13(3)4)15(20)18-17(16(19)21)8-5-6-9-17/h12-14H,5-11H2,1-4H3,(H,18,20). The molecule has 0 radical (unpaired) electrons. The Balaban J connectivity index is 2.20. The number of hydrogen-bond acceptors (Lipinski definition) is 2. The topological polar surface area (TPSA) is 49.4 Å². The Morgan fingerprint density at radius 1 is 1.14 bits per heavy atom. The Morgan fingerprint density at radius 3 is 2.29 bits per heavy atom. The van der Waals surface area contributed by atoms with Crippen LogP contribution in [0.4, 0.5) is 0 Å². The second-order valence-electron chi connectivity index (χ2n) is 7.60. The lowest BCUT2D eigenvalue weighted by Gasteiger charge is -2.45. The number of carbonyl (C=O) groups is 2. The Morgan fingerprint density at radius 2 is 1.76 bits per heavy atom. The minimum atomic E-state index is -0.582. The zero-order chi connectivity index (χ0) is 15.6. The first-order valence-electron chi connectivity index (χ1n) is 8.49. The van der Waals surface area contributed by atoms with E-state index in [2.05, 4.69) is 33.0 Å². The van der Waals surface area contributed by atoms with E-state index in [-0.39, 0.29) is 17.9 Å². The van der Waals surface area contributed by atoms with Crippen molar-refractivity contribution in [2.75, 3.05) is 6.54 Å². The van der Waals surface area contributed by atoms with E-state index >= 15 is 0 Å². The fourth-order valence-electron chi connectivity index (χ4n) is 3.58. The number of nitrogens with one attached hydrogen (secondary N) is 1. The van der Waals surface area contributed by atoms with Gasteiger partial charge in [0.15, 0.2) is 0 Å². The highest BCUT2D eigenvalue weighted by Gasteiger charge is 2.51. The van der Waals surface area contributed by atoms with E-state index in [0.717, 1.165) is 38.5 Å². The van der Waals surface area contributed by atoms with E-state index in [1.807, 2.05) is 4.90 Å². The molecule has 1 aliphatic heterocycles. The quantitative estimate of drug-likeness (QED) is 0.847. The molecule has 120 valence electrons. The van der Waals surface area contributed by atoms with Crippen LogP contribution in [0.5, 0.6) is 0 Å². The molecule has 4 heteroatoms. The Bertz CT molecular complexity index is 398. The summed E-state index contributed by atoms with van der Waals surface area (Å²) >= 11 is 0. The molecule has 1 unspecified atom stereocenters. The average molecular weight is 294 g/mol. The van der Waals surface area contributed by atoms with Gasteiger partial charge in [-0.25, -0.2) is 0 Å². The van der Waals surface area contributed by atoms with E-state index in [0.29, 0.717) is 18.4 Å². The van der Waals surface area contributed by atoms with E-state index in [1.165, 1.54) is 0 Å². The predicted octanol–water partition coefficient (Wildman–Crippen LogP) is 2.72. The summed E-state index contributed by atoms with van der Waals surface area (Å²) in [6, 6.07) is -0.275. The summed E-state index contributed by atoms with van der Waals surface area (Å²) < 4.78 is 0. The summed E-state index contributed by atoms with van der Waals surface area (Å²) in [6.07, 6.45) is 5.42. The highest BCUT2D eigenvalue weighted by atomic mass is 16.2. The van der Waals surface area contributed by atoms with Crippen LogP contribution >= 0.6 is 0 Å².